The van der Waals surface area contributed by atoms with Crippen molar-refractivity contribution < 1.29 is 0 Å². The predicted octanol–water partition coefficient (Wildman–Crippen LogP) is 2.54. The maximum Gasteiger partial charge on any atom is 0.0856 e. The zero-order valence-electron chi connectivity index (χ0n) is 6.25. The Morgan fingerprint density at radius 1 is 1.58 bits per heavy atom. The lowest BCUT2D eigenvalue weighted by molar-refractivity contribution is 1.45. The molecule has 1 rings (SSSR count). The van der Waals surface area contributed by atoms with Crippen LogP contribution in [0.3, 0.4) is 0 Å². The molecule has 0 amide bonds. The normalized spacial score (nSPS) is 9.33. The third kappa shape index (κ3) is 2.33. The fourth-order valence-corrected chi connectivity index (χ4v) is 1.65. The van der Waals surface area contributed by atoms with Crippen LogP contribution >= 0.6 is 23.4 Å². The molecule has 12 heavy (non-hydrogen) atoms. The minimum absolute atomic E-state index is 0.393. The van der Waals surface area contributed by atoms with Crippen molar-refractivity contribution in [3.63, 3.8) is 0 Å². The maximum absolute atomic E-state index is 8.34. The fourth-order valence-electron chi connectivity index (χ4n) is 0.743. The largest absolute Gasteiger partial charge is 0.398 e. The van der Waals surface area contributed by atoms with Crippen LogP contribution in [0, 0.1) is 11.3 Å². The molecule has 0 fully saturated rings. The van der Waals surface area contributed by atoms with Gasteiger partial charge < -0.3 is 5.73 Å². The fraction of sp³-hybridized carbons (Fsp3) is 0.125. The van der Waals surface area contributed by atoms with Gasteiger partial charge in [-0.2, -0.15) is 5.26 Å². The predicted molar refractivity (Wildman–Crippen MR) is 52.2 cm³/mol. The van der Waals surface area contributed by atoms with Crippen molar-refractivity contribution in [3.8, 4) is 6.07 Å². The SMILES string of the molecule is N#CCSc1cc(Cl)ccc1N. The van der Waals surface area contributed by atoms with E-state index in [1.165, 1.54) is 11.8 Å². The number of hydrogen-bond acceptors (Lipinski definition) is 3. The van der Waals surface area contributed by atoms with E-state index >= 15 is 0 Å². The quantitative estimate of drug-likeness (QED) is 0.587. The molecule has 1 aromatic carbocycles. The molecule has 0 unspecified atom stereocenters. The van der Waals surface area contributed by atoms with Crippen molar-refractivity contribution in [2.75, 3.05) is 11.5 Å². The molecule has 0 aliphatic heterocycles. The van der Waals surface area contributed by atoms with Crippen molar-refractivity contribution >= 4 is 29.1 Å². The minimum Gasteiger partial charge on any atom is -0.398 e. The van der Waals surface area contributed by atoms with Crippen molar-refractivity contribution in [2.24, 2.45) is 0 Å². The smallest absolute Gasteiger partial charge is 0.0856 e. The van der Waals surface area contributed by atoms with Gasteiger partial charge in [0.25, 0.3) is 0 Å². The molecule has 62 valence electrons. The highest BCUT2D eigenvalue weighted by Crippen LogP contribution is 2.27. The van der Waals surface area contributed by atoms with Gasteiger partial charge in [0.2, 0.25) is 0 Å². The van der Waals surface area contributed by atoms with Crippen LogP contribution in [-0.4, -0.2) is 5.75 Å². The van der Waals surface area contributed by atoms with E-state index in [0.29, 0.717) is 16.5 Å². The van der Waals surface area contributed by atoms with Gasteiger partial charge in [0.05, 0.1) is 11.8 Å². The highest BCUT2D eigenvalue weighted by molar-refractivity contribution is 7.99. The molecule has 0 heterocycles. The van der Waals surface area contributed by atoms with Crippen LogP contribution in [0.4, 0.5) is 5.69 Å². The molecule has 0 saturated carbocycles. The molecular formula is C8H7ClN2S. The summed E-state index contributed by atoms with van der Waals surface area (Å²) in [5.74, 6) is 0.393. The van der Waals surface area contributed by atoms with E-state index in [1.54, 1.807) is 18.2 Å². The highest BCUT2D eigenvalue weighted by Gasteiger charge is 1.99. The monoisotopic (exact) mass is 198 g/mol. The van der Waals surface area contributed by atoms with Gasteiger partial charge in [-0.15, -0.1) is 11.8 Å². The molecule has 0 aromatic heterocycles. The zero-order chi connectivity index (χ0) is 8.97. The lowest BCUT2D eigenvalue weighted by Gasteiger charge is -2.01. The van der Waals surface area contributed by atoms with E-state index in [9.17, 15) is 0 Å². The summed E-state index contributed by atoms with van der Waals surface area (Å²) in [7, 11) is 0. The summed E-state index contributed by atoms with van der Waals surface area (Å²) >= 11 is 7.13. The van der Waals surface area contributed by atoms with Crippen LogP contribution in [-0.2, 0) is 0 Å². The molecule has 2 nitrogen and oxygen atoms in total. The summed E-state index contributed by atoms with van der Waals surface area (Å²) < 4.78 is 0. The number of anilines is 1. The molecule has 2 N–H and O–H groups in total. The Bertz CT molecular complexity index is 319. The molecule has 1 aromatic rings. The molecule has 0 atom stereocenters. The van der Waals surface area contributed by atoms with E-state index < -0.39 is 0 Å². The second-order valence-electron chi connectivity index (χ2n) is 2.13. The van der Waals surface area contributed by atoms with E-state index in [0.717, 1.165) is 4.90 Å². The highest BCUT2D eigenvalue weighted by atomic mass is 35.5. The van der Waals surface area contributed by atoms with E-state index in [-0.39, 0.29) is 0 Å². The minimum atomic E-state index is 0.393. The summed E-state index contributed by atoms with van der Waals surface area (Å²) in [6.07, 6.45) is 0. The van der Waals surface area contributed by atoms with Gasteiger partial charge in [-0.1, -0.05) is 11.6 Å². The average Bonchev–Trinajstić information content (AvgIpc) is 2.07. The topological polar surface area (TPSA) is 49.8 Å². The molecular weight excluding hydrogens is 192 g/mol. The number of halogens is 1. The first kappa shape index (κ1) is 9.24. The van der Waals surface area contributed by atoms with Crippen LogP contribution in [0.5, 0.6) is 0 Å². The van der Waals surface area contributed by atoms with Gasteiger partial charge in [0, 0.05) is 15.6 Å². The summed E-state index contributed by atoms with van der Waals surface area (Å²) in [6.45, 7) is 0. The van der Waals surface area contributed by atoms with Crippen LogP contribution in [0.15, 0.2) is 23.1 Å². The number of rotatable bonds is 2. The molecule has 0 aliphatic carbocycles. The number of nitrogens with zero attached hydrogens (tertiary/aromatic N) is 1. The van der Waals surface area contributed by atoms with E-state index in [4.69, 9.17) is 22.6 Å². The number of nitrogens with two attached hydrogens (primary N) is 1. The molecule has 0 spiro atoms. The number of nitriles is 1. The second kappa shape index (κ2) is 4.24. The average molecular weight is 199 g/mol. The Kier molecular flexibility index (Phi) is 3.27. The van der Waals surface area contributed by atoms with Crippen LogP contribution in [0.2, 0.25) is 5.02 Å². The Morgan fingerprint density at radius 2 is 2.33 bits per heavy atom. The third-order valence-electron chi connectivity index (χ3n) is 1.27. The van der Waals surface area contributed by atoms with Gasteiger partial charge >= 0.3 is 0 Å². The van der Waals surface area contributed by atoms with Gasteiger partial charge in [0.1, 0.15) is 0 Å². The number of hydrogen-bond donors (Lipinski definition) is 1. The maximum atomic E-state index is 8.34. The number of benzene rings is 1. The first-order chi connectivity index (χ1) is 5.74. The summed E-state index contributed by atoms with van der Waals surface area (Å²) in [6, 6.07) is 7.26. The van der Waals surface area contributed by atoms with Crippen molar-refractivity contribution in [2.45, 2.75) is 4.90 Å². The van der Waals surface area contributed by atoms with Crippen LogP contribution < -0.4 is 5.73 Å². The first-order valence-electron chi connectivity index (χ1n) is 3.29. The molecule has 0 radical (unpaired) electrons. The zero-order valence-corrected chi connectivity index (χ0v) is 7.82. The number of thioether (sulfide) groups is 1. The molecule has 4 heteroatoms. The van der Waals surface area contributed by atoms with Crippen LogP contribution in [0.1, 0.15) is 0 Å². The Labute approximate surface area is 80.3 Å². The molecule has 0 bridgehead atoms. The van der Waals surface area contributed by atoms with Crippen LogP contribution in [0.25, 0.3) is 0 Å². The van der Waals surface area contributed by atoms with Gasteiger partial charge in [-0.3, -0.25) is 0 Å². The summed E-state index contributed by atoms with van der Waals surface area (Å²) in [4.78, 5) is 0.865. The Morgan fingerprint density at radius 3 is 3.00 bits per heavy atom. The van der Waals surface area contributed by atoms with Gasteiger partial charge in [-0.05, 0) is 18.2 Å². The van der Waals surface area contributed by atoms with Crippen molar-refractivity contribution in [1.82, 2.24) is 0 Å². The second-order valence-corrected chi connectivity index (χ2v) is 3.58. The Balaban J connectivity index is 2.84. The van der Waals surface area contributed by atoms with Gasteiger partial charge in [-0.25, -0.2) is 0 Å². The summed E-state index contributed by atoms with van der Waals surface area (Å²) in [5.41, 5.74) is 6.31. The summed E-state index contributed by atoms with van der Waals surface area (Å²) in [5, 5.41) is 8.99. The van der Waals surface area contributed by atoms with Crippen molar-refractivity contribution in [3.05, 3.63) is 23.2 Å². The first-order valence-corrected chi connectivity index (χ1v) is 4.65. The van der Waals surface area contributed by atoms with Gasteiger partial charge in [0.15, 0.2) is 0 Å². The molecule has 0 saturated heterocycles. The molecule has 0 aliphatic rings. The Hall–Kier alpha value is -0.850. The number of nitrogen functional groups attached to an aromatic ring is 1. The lowest BCUT2D eigenvalue weighted by Crippen LogP contribution is -1.88. The standard InChI is InChI=1S/C8H7ClN2S/c9-6-1-2-7(11)8(5-6)12-4-3-10/h1-2,5H,4,11H2. The van der Waals surface area contributed by atoms with E-state index in [2.05, 4.69) is 0 Å². The van der Waals surface area contributed by atoms with Crippen molar-refractivity contribution in [1.29, 1.82) is 5.26 Å². The van der Waals surface area contributed by atoms with E-state index in [1.807, 2.05) is 6.07 Å². The third-order valence-corrected chi connectivity index (χ3v) is 2.44. The lowest BCUT2D eigenvalue weighted by atomic mass is 10.3.